The number of benzene rings is 2. The molecule has 0 spiro atoms. The van der Waals surface area contributed by atoms with Gasteiger partial charge in [0.05, 0.1) is 4.92 Å². The monoisotopic (exact) mass is 397 g/mol. The van der Waals surface area contributed by atoms with Crippen molar-refractivity contribution in [1.29, 1.82) is 0 Å². The Morgan fingerprint density at radius 2 is 1.69 bits per heavy atom. The number of aliphatic hydroxyl groups excluding tert-OH is 1. The molecular formula is C19H15N3O7. The Morgan fingerprint density at radius 1 is 1.03 bits per heavy atom. The lowest BCUT2D eigenvalue weighted by molar-refractivity contribution is -0.384. The summed E-state index contributed by atoms with van der Waals surface area (Å²) < 4.78 is 6.59. The molecule has 148 valence electrons. The van der Waals surface area contributed by atoms with Crippen LogP contribution in [0.2, 0.25) is 0 Å². The standard InChI is InChI=1S/C19H15N3O7/c23-16-17(24)21(11-10-20(16)14-4-2-1-3-5-14)18(25)19(26)29-12-13-6-8-15(9-7-13)22(27)28/h1-11,18,25H,12H2. The molecule has 0 saturated heterocycles. The van der Waals surface area contributed by atoms with Gasteiger partial charge in [-0.3, -0.25) is 28.8 Å². The van der Waals surface area contributed by atoms with Gasteiger partial charge in [-0.25, -0.2) is 4.79 Å². The number of nitro benzene ring substituents is 1. The maximum atomic E-state index is 12.3. The maximum Gasteiger partial charge on any atom is 0.357 e. The largest absolute Gasteiger partial charge is 0.457 e. The predicted octanol–water partition coefficient (Wildman–Crippen LogP) is 1.14. The average Bonchev–Trinajstić information content (AvgIpc) is 2.74. The van der Waals surface area contributed by atoms with E-state index in [9.17, 15) is 29.6 Å². The summed E-state index contributed by atoms with van der Waals surface area (Å²) in [7, 11) is 0. The average molecular weight is 397 g/mol. The molecule has 3 aromatic rings. The Labute approximate surface area is 163 Å². The number of nitrogens with zero attached hydrogens (tertiary/aromatic N) is 3. The van der Waals surface area contributed by atoms with Gasteiger partial charge in [-0.1, -0.05) is 18.2 Å². The molecule has 1 aromatic heterocycles. The number of ether oxygens (including phenoxy) is 1. The van der Waals surface area contributed by atoms with Crippen molar-refractivity contribution in [1.82, 2.24) is 9.13 Å². The van der Waals surface area contributed by atoms with E-state index in [1.54, 1.807) is 30.3 Å². The van der Waals surface area contributed by atoms with Crippen LogP contribution in [0.3, 0.4) is 0 Å². The van der Waals surface area contributed by atoms with Gasteiger partial charge in [0.15, 0.2) is 0 Å². The molecular weight excluding hydrogens is 382 g/mol. The summed E-state index contributed by atoms with van der Waals surface area (Å²) in [4.78, 5) is 46.7. The normalized spacial score (nSPS) is 11.6. The number of nitro groups is 1. The van der Waals surface area contributed by atoms with Crippen LogP contribution in [-0.2, 0) is 16.1 Å². The second-order valence-corrected chi connectivity index (χ2v) is 5.93. The minimum Gasteiger partial charge on any atom is -0.457 e. The topological polar surface area (TPSA) is 134 Å². The van der Waals surface area contributed by atoms with E-state index in [4.69, 9.17) is 4.74 Å². The van der Waals surface area contributed by atoms with Crippen molar-refractivity contribution in [2.45, 2.75) is 12.8 Å². The lowest BCUT2D eigenvalue weighted by atomic mass is 10.2. The molecule has 29 heavy (non-hydrogen) atoms. The summed E-state index contributed by atoms with van der Waals surface area (Å²) in [6, 6.07) is 13.7. The van der Waals surface area contributed by atoms with Crippen LogP contribution in [-0.4, -0.2) is 25.1 Å². The molecule has 0 radical (unpaired) electrons. The molecule has 0 amide bonds. The quantitative estimate of drug-likeness (QED) is 0.285. The van der Waals surface area contributed by atoms with Crippen molar-refractivity contribution in [2.75, 3.05) is 0 Å². The molecule has 0 saturated carbocycles. The van der Waals surface area contributed by atoms with Gasteiger partial charge in [0.1, 0.15) is 6.61 Å². The second-order valence-electron chi connectivity index (χ2n) is 5.93. The number of rotatable bonds is 6. The SMILES string of the molecule is O=C(OCc1ccc([N+](=O)[O-])cc1)C(O)n1ccn(-c2ccccc2)c(=O)c1=O. The lowest BCUT2D eigenvalue weighted by Crippen LogP contribution is -2.43. The third-order valence-corrected chi connectivity index (χ3v) is 4.05. The summed E-state index contributed by atoms with van der Waals surface area (Å²) in [5, 5.41) is 20.7. The van der Waals surface area contributed by atoms with Gasteiger partial charge in [-0.05, 0) is 29.8 Å². The number of aliphatic hydroxyl groups is 1. The molecule has 1 unspecified atom stereocenters. The fraction of sp³-hybridized carbons (Fsp3) is 0.105. The van der Waals surface area contributed by atoms with Gasteiger partial charge in [-0.15, -0.1) is 0 Å². The molecule has 1 N–H and O–H groups in total. The molecule has 0 aliphatic heterocycles. The maximum absolute atomic E-state index is 12.3. The highest BCUT2D eigenvalue weighted by Crippen LogP contribution is 2.13. The van der Waals surface area contributed by atoms with Gasteiger partial charge >= 0.3 is 17.1 Å². The van der Waals surface area contributed by atoms with Crippen molar-refractivity contribution in [3.05, 3.63) is 103 Å². The number of carbonyl (C=O) groups is 1. The molecule has 2 aromatic carbocycles. The van der Waals surface area contributed by atoms with Crippen LogP contribution in [0.5, 0.6) is 0 Å². The molecule has 0 aliphatic carbocycles. The molecule has 10 nitrogen and oxygen atoms in total. The van der Waals surface area contributed by atoms with Crippen molar-refractivity contribution >= 4 is 11.7 Å². The third kappa shape index (κ3) is 4.28. The number of para-hydroxylation sites is 1. The fourth-order valence-corrected chi connectivity index (χ4v) is 2.53. The smallest absolute Gasteiger partial charge is 0.357 e. The van der Waals surface area contributed by atoms with Crippen molar-refractivity contribution in [3.63, 3.8) is 0 Å². The second kappa shape index (κ2) is 8.31. The van der Waals surface area contributed by atoms with Crippen LogP contribution in [0.1, 0.15) is 11.8 Å². The molecule has 0 bridgehead atoms. The summed E-state index contributed by atoms with van der Waals surface area (Å²) in [6.07, 6.45) is 0.346. The Morgan fingerprint density at radius 3 is 2.31 bits per heavy atom. The Balaban J connectivity index is 1.74. The van der Waals surface area contributed by atoms with Crippen molar-refractivity contribution in [2.24, 2.45) is 0 Å². The minimum atomic E-state index is -2.02. The van der Waals surface area contributed by atoms with Gasteiger partial charge < -0.3 is 9.84 Å². The van der Waals surface area contributed by atoms with E-state index in [0.717, 1.165) is 10.8 Å². The van der Waals surface area contributed by atoms with Crippen LogP contribution in [0.4, 0.5) is 5.69 Å². The van der Waals surface area contributed by atoms with E-state index in [1.165, 1.54) is 30.5 Å². The first kappa shape index (κ1) is 19.7. The Kier molecular flexibility index (Phi) is 5.65. The number of esters is 1. The van der Waals surface area contributed by atoms with Gasteiger partial charge in [0, 0.05) is 30.2 Å². The number of hydrogen-bond acceptors (Lipinski definition) is 7. The molecule has 1 heterocycles. The van der Waals surface area contributed by atoms with Crippen LogP contribution >= 0.6 is 0 Å². The van der Waals surface area contributed by atoms with E-state index >= 15 is 0 Å². The number of carbonyl (C=O) groups excluding carboxylic acids is 1. The fourth-order valence-electron chi connectivity index (χ4n) is 2.53. The summed E-state index contributed by atoms with van der Waals surface area (Å²) >= 11 is 0. The summed E-state index contributed by atoms with van der Waals surface area (Å²) in [5.41, 5.74) is -1.26. The lowest BCUT2D eigenvalue weighted by Gasteiger charge is -2.14. The summed E-state index contributed by atoms with van der Waals surface area (Å²) in [6.45, 7) is -0.274. The summed E-state index contributed by atoms with van der Waals surface area (Å²) in [5.74, 6) is -1.15. The van der Waals surface area contributed by atoms with Crippen molar-refractivity contribution in [3.8, 4) is 5.69 Å². The van der Waals surface area contributed by atoms with Gasteiger partial charge in [0.25, 0.3) is 5.69 Å². The zero-order valence-electron chi connectivity index (χ0n) is 14.9. The number of non-ortho nitro benzene ring substituents is 1. The van der Waals surface area contributed by atoms with Crippen LogP contribution in [0.15, 0.2) is 76.6 Å². The van der Waals surface area contributed by atoms with E-state index in [1.807, 2.05) is 0 Å². The first-order valence-corrected chi connectivity index (χ1v) is 8.36. The minimum absolute atomic E-state index is 0.120. The van der Waals surface area contributed by atoms with Crippen LogP contribution < -0.4 is 11.1 Å². The van der Waals surface area contributed by atoms with E-state index in [0.29, 0.717) is 15.8 Å². The molecule has 0 fully saturated rings. The van der Waals surface area contributed by atoms with Gasteiger partial charge in [-0.2, -0.15) is 0 Å². The highest BCUT2D eigenvalue weighted by Gasteiger charge is 2.22. The highest BCUT2D eigenvalue weighted by atomic mass is 16.6. The van der Waals surface area contributed by atoms with E-state index < -0.39 is 28.2 Å². The van der Waals surface area contributed by atoms with Gasteiger partial charge in [0.2, 0.25) is 6.23 Å². The van der Waals surface area contributed by atoms with Crippen molar-refractivity contribution < 1.29 is 19.6 Å². The van der Waals surface area contributed by atoms with E-state index in [2.05, 4.69) is 0 Å². The molecule has 3 rings (SSSR count). The zero-order chi connectivity index (χ0) is 21.0. The van der Waals surface area contributed by atoms with Crippen LogP contribution in [0, 0.1) is 10.1 Å². The molecule has 10 heteroatoms. The highest BCUT2D eigenvalue weighted by molar-refractivity contribution is 5.72. The Bertz CT molecular complexity index is 1150. The first-order valence-electron chi connectivity index (χ1n) is 8.36. The third-order valence-electron chi connectivity index (χ3n) is 4.05. The first-order chi connectivity index (χ1) is 13.9. The number of hydrogen-bond donors (Lipinski definition) is 1. The van der Waals surface area contributed by atoms with Crippen LogP contribution in [0.25, 0.3) is 5.69 Å². The molecule has 1 atom stereocenters. The Hall–Kier alpha value is -4.05. The molecule has 0 aliphatic rings. The number of aromatic nitrogens is 2. The zero-order valence-corrected chi connectivity index (χ0v) is 14.9. The predicted molar refractivity (Wildman–Crippen MR) is 100 cm³/mol. The van der Waals surface area contributed by atoms with E-state index in [-0.39, 0.29) is 12.3 Å².